The van der Waals surface area contributed by atoms with Crippen LogP contribution in [0.5, 0.6) is 0 Å². The molecule has 122 valence electrons. The normalized spacial score (nSPS) is 16.0. The largest absolute Gasteiger partial charge is 0.280 e. The van der Waals surface area contributed by atoms with Crippen molar-refractivity contribution >= 4 is 46.6 Å². The van der Waals surface area contributed by atoms with Gasteiger partial charge in [-0.15, -0.1) is 0 Å². The topological polar surface area (TPSA) is 32.7 Å². The molecule has 0 bridgehead atoms. The van der Waals surface area contributed by atoms with Gasteiger partial charge in [0, 0.05) is 10.0 Å². The maximum Gasteiger partial charge on any atom is 0.280 e. The molecule has 1 amide bonds. The fourth-order valence-electron chi connectivity index (χ4n) is 2.54. The van der Waals surface area contributed by atoms with E-state index in [9.17, 15) is 4.79 Å². The summed E-state index contributed by atoms with van der Waals surface area (Å²) in [5, 5.41) is 6.61. The quantitative estimate of drug-likeness (QED) is 0.679. The second-order valence-electron chi connectivity index (χ2n) is 5.58. The van der Waals surface area contributed by atoms with Gasteiger partial charge in [-0.25, -0.2) is 0 Å². The van der Waals surface area contributed by atoms with Crippen molar-refractivity contribution in [1.29, 1.82) is 0 Å². The molecule has 0 N–H and O–H groups in total. The van der Waals surface area contributed by atoms with Crippen LogP contribution in [0.1, 0.15) is 25.0 Å². The van der Waals surface area contributed by atoms with Crippen molar-refractivity contribution in [2.45, 2.75) is 20.3 Å². The van der Waals surface area contributed by atoms with Gasteiger partial charge in [0.2, 0.25) is 0 Å². The minimum atomic E-state index is -0.189. The minimum absolute atomic E-state index is 0.189. The summed E-state index contributed by atoms with van der Waals surface area (Å²) < 4.78 is 0. The van der Waals surface area contributed by atoms with Crippen LogP contribution in [0.4, 0.5) is 5.69 Å². The van der Waals surface area contributed by atoms with Crippen LogP contribution >= 0.6 is 23.2 Å². The highest BCUT2D eigenvalue weighted by molar-refractivity contribution is 6.36. The number of benzene rings is 2. The third-order valence-corrected chi connectivity index (χ3v) is 4.29. The van der Waals surface area contributed by atoms with Crippen molar-refractivity contribution in [3.05, 3.63) is 69.2 Å². The average molecular weight is 359 g/mol. The van der Waals surface area contributed by atoms with Gasteiger partial charge in [0.15, 0.2) is 0 Å². The Morgan fingerprint density at radius 3 is 2.29 bits per heavy atom. The number of carbonyl (C=O) groups excluding carboxylic acids is 1. The number of anilines is 1. The Morgan fingerprint density at radius 2 is 1.71 bits per heavy atom. The third-order valence-electron chi connectivity index (χ3n) is 3.85. The van der Waals surface area contributed by atoms with E-state index in [0.717, 1.165) is 12.0 Å². The van der Waals surface area contributed by atoms with Crippen LogP contribution < -0.4 is 5.01 Å². The van der Waals surface area contributed by atoms with E-state index in [4.69, 9.17) is 23.2 Å². The first-order chi connectivity index (χ1) is 11.5. The number of amides is 1. The van der Waals surface area contributed by atoms with Crippen LogP contribution in [0.3, 0.4) is 0 Å². The molecule has 0 aliphatic carbocycles. The number of aryl methyl sites for hydroxylation is 1. The molecule has 0 saturated carbocycles. The van der Waals surface area contributed by atoms with E-state index in [1.165, 1.54) is 10.6 Å². The molecule has 5 heteroatoms. The van der Waals surface area contributed by atoms with Crippen LogP contribution in [-0.4, -0.2) is 11.6 Å². The Labute approximate surface area is 151 Å². The summed E-state index contributed by atoms with van der Waals surface area (Å²) >= 11 is 12.0. The first-order valence-corrected chi connectivity index (χ1v) is 8.40. The molecule has 1 heterocycles. The molecule has 0 fully saturated rings. The Kier molecular flexibility index (Phi) is 4.74. The SMILES string of the molecule is CCc1ccc(/C=C2/C(=O)N(c3cc(Cl)cc(Cl)c3)N=C2C)cc1. The summed E-state index contributed by atoms with van der Waals surface area (Å²) in [6.45, 7) is 3.93. The van der Waals surface area contributed by atoms with Gasteiger partial charge in [-0.3, -0.25) is 4.79 Å². The Bertz CT molecular complexity index is 834. The van der Waals surface area contributed by atoms with E-state index < -0.39 is 0 Å². The Hall–Kier alpha value is -2.10. The molecule has 3 nitrogen and oxygen atoms in total. The number of hydrazone groups is 1. The molecular weight excluding hydrogens is 343 g/mol. The van der Waals surface area contributed by atoms with Crippen LogP contribution in [0, 0.1) is 0 Å². The number of hydrogen-bond donors (Lipinski definition) is 0. The standard InChI is InChI=1S/C19H16Cl2N2O/c1-3-13-4-6-14(7-5-13)8-18-12(2)22-23(19(18)24)17-10-15(20)9-16(21)11-17/h4-11H,3H2,1-2H3/b18-8+. The van der Waals surface area contributed by atoms with Crippen molar-refractivity contribution in [3.63, 3.8) is 0 Å². The molecule has 2 aromatic carbocycles. The van der Waals surface area contributed by atoms with Gasteiger partial charge in [0.25, 0.3) is 5.91 Å². The summed E-state index contributed by atoms with van der Waals surface area (Å²) in [6.07, 6.45) is 2.84. The fourth-order valence-corrected chi connectivity index (χ4v) is 3.05. The van der Waals surface area contributed by atoms with Crippen molar-refractivity contribution in [2.75, 3.05) is 5.01 Å². The first kappa shape index (κ1) is 16.7. The fraction of sp³-hybridized carbons (Fsp3) is 0.158. The van der Waals surface area contributed by atoms with Crippen LogP contribution in [-0.2, 0) is 11.2 Å². The van der Waals surface area contributed by atoms with Crippen LogP contribution in [0.15, 0.2) is 53.1 Å². The second-order valence-corrected chi connectivity index (χ2v) is 6.46. The van der Waals surface area contributed by atoms with Crippen molar-refractivity contribution in [1.82, 2.24) is 0 Å². The van der Waals surface area contributed by atoms with E-state index in [0.29, 0.717) is 27.0 Å². The lowest BCUT2D eigenvalue weighted by Gasteiger charge is -2.12. The van der Waals surface area contributed by atoms with Gasteiger partial charge < -0.3 is 0 Å². The molecule has 0 saturated heterocycles. The molecule has 0 unspecified atom stereocenters. The molecule has 0 atom stereocenters. The highest BCUT2D eigenvalue weighted by atomic mass is 35.5. The van der Waals surface area contributed by atoms with E-state index >= 15 is 0 Å². The lowest BCUT2D eigenvalue weighted by atomic mass is 10.0. The minimum Gasteiger partial charge on any atom is -0.267 e. The van der Waals surface area contributed by atoms with Gasteiger partial charge in [-0.1, -0.05) is 54.4 Å². The number of halogens is 2. The number of hydrogen-bond acceptors (Lipinski definition) is 2. The zero-order valence-electron chi connectivity index (χ0n) is 13.4. The average Bonchev–Trinajstić information content (AvgIpc) is 2.83. The monoisotopic (exact) mass is 358 g/mol. The highest BCUT2D eigenvalue weighted by Gasteiger charge is 2.29. The van der Waals surface area contributed by atoms with Gasteiger partial charge in [0.05, 0.1) is 17.0 Å². The Morgan fingerprint density at radius 1 is 1.08 bits per heavy atom. The summed E-state index contributed by atoms with van der Waals surface area (Å²) in [7, 11) is 0. The lowest BCUT2D eigenvalue weighted by molar-refractivity contribution is -0.114. The third kappa shape index (κ3) is 3.37. The lowest BCUT2D eigenvalue weighted by Crippen LogP contribution is -2.21. The summed E-state index contributed by atoms with van der Waals surface area (Å²) in [5.74, 6) is -0.189. The van der Waals surface area contributed by atoms with E-state index in [1.807, 2.05) is 25.1 Å². The van der Waals surface area contributed by atoms with E-state index in [2.05, 4.69) is 24.2 Å². The summed E-state index contributed by atoms with van der Waals surface area (Å²) in [4.78, 5) is 12.7. The number of rotatable bonds is 3. The number of carbonyl (C=O) groups is 1. The summed E-state index contributed by atoms with van der Waals surface area (Å²) in [5.41, 5.74) is 4.01. The molecule has 24 heavy (non-hydrogen) atoms. The van der Waals surface area contributed by atoms with Gasteiger partial charge in [-0.2, -0.15) is 10.1 Å². The zero-order valence-corrected chi connectivity index (χ0v) is 14.9. The predicted molar refractivity (Wildman–Crippen MR) is 101 cm³/mol. The molecule has 3 rings (SSSR count). The smallest absolute Gasteiger partial charge is 0.267 e. The molecule has 0 aromatic heterocycles. The van der Waals surface area contributed by atoms with Crippen LogP contribution in [0.25, 0.3) is 6.08 Å². The maximum atomic E-state index is 12.7. The molecular formula is C19H16Cl2N2O. The number of nitrogens with zero attached hydrogens (tertiary/aromatic N) is 2. The molecule has 0 radical (unpaired) electrons. The molecule has 0 spiro atoms. The van der Waals surface area contributed by atoms with E-state index in [-0.39, 0.29) is 5.91 Å². The Balaban J connectivity index is 1.93. The first-order valence-electron chi connectivity index (χ1n) is 7.64. The maximum absolute atomic E-state index is 12.7. The zero-order chi connectivity index (χ0) is 17.3. The highest BCUT2D eigenvalue weighted by Crippen LogP contribution is 2.30. The molecule has 2 aromatic rings. The second kappa shape index (κ2) is 6.80. The predicted octanol–water partition coefficient (Wildman–Crippen LogP) is 5.36. The van der Waals surface area contributed by atoms with Crippen molar-refractivity contribution in [2.24, 2.45) is 5.10 Å². The summed E-state index contributed by atoms with van der Waals surface area (Å²) in [6, 6.07) is 13.1. The van der Waals surface area contributed by atoms with Crippen molar-refractivity contribution in [3.8, 4) is 0 Å². The van der Waals surface area contributed by atoms with Gasteiger partial charge in [-0.05, 0) is 48.7 Å². The van der Waals surface area contributed by atoms with Crippen molar-refractivity contribution < 1.29 is 4.79 Å². The molecule has 1 aliphatic heterocycles. The van der Waals surface area contributed by atoms with Gasteiger partial charge >= 0.3 is 0 Å². The van der Waals surface area contributed by atoms with Gasteiger partial charge in [0.1, 0.15) is 0 Å². The molecule has 1 aliphatic rings. The van der Waals surface area contributed by atoms with Crippen LogP contribution in [0.2, 0.25) is 10.0 Å². The van der Waals surface area contributed by atoms with E-state index in [1.54, 1.807) is 18.2 Å².